The second-order valence-electron chi connectivity index (χ2n) is 5.81. The quantitative estimate of drug-likeness (QED) is 0.819. The first-order valence-electron chi connectivity index (χ1n) is 7.60. The first-order chi connectivity index (χ1) is 10.5. The Hall–Kier alpha value is -0.950. The Morgan fingerprint density at radius 3 is 2.64 bits per heavy atom. The minimum atomic E-state index is -0.375. The van der Waals surface area contributed by atoms with Crippen LogP contribution in [-0.4, -0.2) is 66.7 Å². The largest absolute Gasteiger partial charge is 0.394 e. The summed E-state index contributed by atoms with van der Waals surface area (Å²) in [5.41, 5.74) is 0.899. The van der Waals surface area contributed by atoms with E-state index in [1.54, 1.807) is 0 Å². The van der Waals surface area contributed by atoms with Crippen molar-refractivity contribution in [3.8, 4) is 0 Å². The zero-order chi connectivity index (χ0) is 16.1. The van der Waals surface area contributed by atoms with Crippen LogP contribution in [0.1, 0.15) is 18.5 Å². The Labute approximate surface area is 140 Å². The summed E-state index contributed by atoms with van der Waals surface area (Å²) < 4.78 is 0.935. The molecular weight excluding hydrogens is 346 g/mol. The maximum Gasteiger partial charge on any atom is 0.237 e. The van der Waals surface area contributed by atoms with E-state index >= 15 is 0 Å². The van der Waals surface area contributed by atoms with Gasteiger partial charge in [0.05, 0.1) is 18.7 Å². The van der Waals surface area contributed by atoms with Gasteiger partial charge in [0.25, 0.3) is 0 Å². The number of halogens is 1. The highest BCUT2D eigenvalue weighted by Crippen LogP contribution is 2.18. The summed E-state index contributed by atoms with van der Waals surface area (Å²) in [7, 11) is 2.09. The van der Waals surface area contributed by atoms with E-state index < -0.39 is 0 Å². The summed E-state index contributed by atoms with van der Waals surface area (Å²) in [5.74, 6) is -0.0384. The third kappa shape index (κ3) is 4.52. The maximum absolute atomic E-state index is 12.5. The molecule has 2 atom stereocenters. The van der Waals surface area contributed by atoms with E-state index in [-0.39, 0.29) is 24.6 Å². The van der Waals surface area contributed by atoms with Crippen LogP contribution < -0.4 is 5.32 Å². The van der Waals surface area contributed by atoms with Gasteiger partial charge in [-0.3, -0.25) is 9.69 Å². The van der Waals surface area contributed by atoms with Crippen LogP contribution >= 0.6 is 15.9 Å². The molecular formula is C16H24BrN3O2. The Morgan fingerprint density at radius 2 is 2.05 bits per heavy atom. The van der Waals surface area contributed by atoms with Crippen molar-refractivity contribution in [2.45, 2.75) is 19.0 Å². The van der Waals surface area contributed by atoms with Crippen LogP contribution in [0.4, 0.5) is 0 Å². The zero-order valence-corrected chi connectivity index (χ0v) is 14.7. The summed E-state index contributed by atoms with van der Waals surface area (Å²) in [6.07, 6.45) is 0. The lowest BCUT2D eigenvalue weighted by Gasteiger charge is -2.36. The van der Waals surface area contributed by atoms with Crippen molar-refractivity contribution in [1.29, 1.82) is 0 Å². The molecule has 1 saturated heterocycles. The van der Waals surface area contributed by atoms with E-state index in [1.165, 1.54) is 0 Å². The van der Waals surface area contributed by atoms with Gasteiger partial charge in [-0.1, -0.05) is 28.1 Å². The number of piperazine rings is 1. The van der Waals surface area contributed by atoms with E-state index in [1.807, 2.05) is 31.2 Å². The lowest BCUT2D eigenvalue weighted by atomic mass is 10.1. The minimum absolute atomic E-state index is 0.0384. The van der Waals surface area contributed by atoms with Gasteiger partial charge >= 0.3 is 0 Å². The number of carbonyl (C=O) groups excluding carboxylic acids is 1. The summed E-state index contributed by atoms with van der Waals surface area (Å²) in [5, 5.41) is 12.5. The predicted octanol–water partition coefficient (Wildman–Crippen LogP) is 1.23. The number of likely N-dealkylation sites (N-methyl/N-ethyl adjacent to an activating group) is 1. The van der Waals surface area contributed by atoms with Crippen LogP contribution in [0.25, 0.3) is 0 Å². The van der Waals surface area contributed by atoms with Crippen molar-refractivity contribution in [2.24, 2.45) is 0 Å². The molecule has 0 spiro atoms. The van der Waals surface area contributed by atoms with Crippen molar-refractivity contribution >= 4 is 21.8 Å². The first-order valence-corrected chi connectivity index (χ1v) is 8.40. The average molecular weight is 370 g/mol. The topological polar surface area (TPSA) is 55.8 Å². The number of carbonyl (C=O) groups is 1. The molecule has 5 nitrogen and oxygen atoms in total. The second kappa shape index (κ2) is 8.06. The fourth-order valence-electron chi connectivity index (χ4n) is 2.63. The van der Waals surface area contributed by atoms with Gasteiger partial charge in [-0.15, -0.1) is 0 Å². The van der Waals surface area contributed by atoms with Crippen molar-refractivity contribution < 1.29 is 9.90 Å². The van der Waals surface area contributed by atoms with Crippen molar-refractivity contribution in [2.75, 3.05) is 39.8 Å². The number of aliphatic hydroxyl groups is 1. The zero-order valence-electron chi connectivity index (χ0n) is 13.1. The summed E-state index contributed by atoms with van der Waals surface area (Å²) >= 11 is 3.42. The predicted molar refractivity (Wildman–Crippen MR) is 90.6 cm³/mol. The van der Waals surface area contributed by atoms with Gasteiger partial charge in [0.1, 0.15) is 0 Å². The van der Waals surface area contributed by atoms with E-state index in [0.717, 1.165) is 36.2 Å². The molecule has 1 aliphatic heterocycles. The Morgan fingerprint density at radius 1 is 1.36 bits per heavy atom. The van der Waals surface area contributed by atoms with Gasteiger partial charge in [-0.2, -0.15) is 0 Å². The normalized spacial score (nSPS) is 19.6. The first kappa shape index (κ1) is 17.4. The van der Waals surface area contributed by atoms with Gasteiger partial charge in [-0.05, 0) is 31.7 Å². The number of nitrogens with zero attached hydrogens (tertiary/aromatic N) is 2. The highest BCUT2D eigenvalue weighted by molar-refractivity contribution is 9.10. The molecule has 1 aromatic carbocycles. The van der Waals surface area contributed by atoms with E-state index in [2.05, 4.69) is 38.1 Å². The number of benzene rings is 1. The Balaban J connectivity index is 1.97. The molecule has 6 heteroatoms. The van der Waals surface area contributed by atoms with Gasteiger partial charge in [-0.25, -0.2) is 0 Å². The van der Waals surface area contributed by atoms with Crippen LogP contribution in [0.2, 0.25) is 0 Å². The second-order valence-corrected chi connectivity index (χ2v) is 6.73. The van der Waals surface area contributed by atoms with Gasteiger partial charge in [0.15, 0.2) is 0 Å². The molecule has 0 aromatic heterocycles. The van der Waals surface area contributed by atoms with Crippen LogP contribution in [0.3, 0.4) is 0 Å². The van der Waals surface area contributed by atoms with E-state index in [4.69, 9.17) is 0 Å². The van der Waals surface area contributed by atoms with Crippen LogP contribution in [0.5, 0.6) is 0 Å². The summed E-state index contributed by atoms with van der Waals surface area (Å²) in [6, 6.07) is 7.09. The molecule has 1 fully saturated rings. The third-order valence-corrected chi connectivity index (χ3v) is 4.71. The molecule has 22 heavy (non-hydrogen) atoms. The fourth-order valence-corrected chi connectivity index (χ4v) is 3.04. The molecule has 1 amide bonds. The Bertz CT molecular complexity index is 504. The monoisotopic (exact) mass is 369 g/mol. The molecule has 0 bridgehead atoms. The molecule has 2 N–H and O–H groups in total. The Kier molecular flexibility index (Phi) is 6.37. The van der Waals surface area contributed by atoms with Crippen LogP contribution in [0, 0.1) is 0 Å². The number of hydrogen-bond acceptors (Lipinski definition) is 4. The lowest BCUT2D eigenvalue weighted by Crippen LogP contribution is -2.53. The van der Waals surface area contributed by atoms with E-state index in [0.29, 0.717) is 0 Å². The molecule has 1 aliphatic rings. The highest BCUT2D eigenvalue weighted by Gasteiger charge is 2.26. The van der Waals surface area contributed by atoms with Gasteiger partial charge in [0, 0.05) is 30.7 Å². The SMILES string of the molecule is CC(C(=O)NC(CO)c1cccc(Br)c1)N1CCN(C)CC1. The number of hydrogen-bond donors (Lipinski definition) is 2. The van der Waals surface area contributed by atoms with Crippen molar-refractivity contribution in [1.82, 2.24) is 15.1 Å². The highest BCUT2D eigenvalue weighted by atomic mass is 79.9. The van der Waals surface area contributed by atoms with Crippen molar-refractivity contribution in [3.05, 3.63) is 34.3 Å². The summed E-state index contributed by atoms with van der Waals surface area (Å²) in [4.78, 5) is 16.9. The molecule has 0 radical (unpaired) electrons. The third-order valence-electron chi connectivity index (χ3n) is 4.22. The summed E-state index contributed by atoms with van der Waals surface area (Å²) in [6.45, 7) is 5.56. The molecule has 2 rings (SSSR count). The molecule has 0 saturated carbocycles. The van der Waals surface area contributed by atoms with Crippen molar-refractivity contribution in [3.63, 3.8) is 0 Å². The van der Waals surface area contributed by atoms with Gasteiger partial charge < -0.3 is 15.3 Å². The van der Waals surface area contributed by atoms with E-state index in [9.17, 15) is 9.90 Å². The van der Waals surface area contributed by atoms with Crippen LogP contribution in [0.15, 0.2) is 28.7 Å². The number of nitrogens with one attached hydrogen (secondary N) is 1. The molecule has 0 aliphatic carbocycles. The number of amides is 1. The minimum Gasteiger partial charge on any atom is -0.394 e. The average Bonchev–Trinajstić information content (AvgIpc) is 2.52. The lowest BCUT2D eigenvalue weighted by molar-refractivity contribution is -0.127. The molecule has 122 valence electrons. The maximum atomic E-state index is 12.5. The standard InChI is InChI=1S/C16H24BrN3O2/c1-12(20-8-6-19(2)7-9-20)16(22)18-15(11-21)13-4-3-5-14(17)10-13/h3-5,10,12,15,21H,6-9,11H2,1-2H3,(H,18,22). The molecule has 2 unspecified atom stereocenters. The van der Waals surface area contributed by atoms with Crippen LogP contribution in [-0.2, 0) is 4.79 Å². The molecule has 1 aromatic rings. The number of rotatable bonds is 5. The molecule has 1 heterocycles. The van der Waals surface area contributed by atoms with Gasteiger partial charge in [0.2, 0.25) is 5.91 Å². The fraction of sp³-hybridized carbons (Fsp3) is 0.562. The smallest absolute Gasteiger partial charge is 0.237 e. The number of aliphatic hydroxyl groups excluding tert-OH is 1.